The zero-order valence-corrected chi connectivity index (χ0v) is 10.3. The van der Waals surface area contributed by atoms with Crippen molar-refractivity contribution in [3.8, 4) is 0 Å². The molecule has 0 aromatic carbocycles. The molecule has 0 bridgehead atoms. The fraction of sp³-hybridized carbons (Fsp3) is 0.667. The van der Waals surface area contributed by atoms with Crippen molar-refractivity contribution < 1.29 is 0 Å². The molecule has 1 heterocycles. The molecule has 1 aliphatic carbocycles. The highest BCUT2D eigenvalue weighted by Crippen LogP contribution is 2.30. The van der Waals surface area contributed by atoms with Crippen LogP contribution >= 0.6 is 0 Å². The van der Waals surface area contributed by atoms with Crippen molar-refractivity contribution in [3.63, 3.8) is 0 Å². The maximum Gasteiger partial charge on any atom is 0.224 e. The number of rotatable bonds is 4. The Morgan fingerprint density at radius 1 is 1.44 bits per heavy atom. The van der Waals surface area contributed by atoms with Gasteiger partial charge in [0.2, 0.25) is 5.95 Å². The summed E-state index contributed by atoms with van der Waals surface area (Å²) in [6.07, 6.45) is 5.84. The monoisotopic (exact) mass is 220 g/mol. The molecule has 1 saturated carbocycles. The molecule has 2 rings (SSSR count). The maximum atomic E-state index is 4.46. The van der Waals surface area contributed by atoms with Gasteiger partial charge in [-0.15, -0.1) is 0 Å². The number of nitrogens with zero attached hydrogens (tertiary/aromatic N) is 3. The number of hydrogen-bond donors (Lipinski definition) is 1. The van der Waals surface area contributed by atoms with E-state index in [0.29, 0.717) is 6.04 Å². The third kappa shape index (κ3) is 2.43. The molecule has 1 unspecified atom stereocenters. The van der Waals surface area contributed by atoms with Gasteiger partial charge in [-0.05, 0) is 31.7 Å². The molecule has 0 aliphatic heterocycles. The van der Waals surface area contributed by atoms with E-state index in [4.69, 9.17) is 0 Å². The zero-order valence-electron chi connectivity index (χ0n) is 10.3. The Kier molecular flexibility index (Phi) is 3.27. The molecule has 4 heteroatoms. The zero-order chi connectivity index (χ0) is 11.5. The summed E-state index contributed by atoms with van der Waals surface area (Å²) < 4.78 is 0. The van der Waals surface area contributed by atoms with Crippen molar-refractivity contribution >= 4 is 11.8 Å². The van der Waals surface area contributed by atoms with Crippen LogP contribution in [0, 0.1) is 5.92 Å². The normalized spacial score (nSPS) is 17.7. The summed E-state index contributed by atoms with van der Waals surface area (Å²) >= 11 is 0. The van der Waals surface area contributed by atoms with Crippen molar-refractivity contribution in [1.82, 2.24) is 9.97 Å². The first-order valence-electron chi connectivity index (χ1n) is 5.93. The lowest BCUT2D eigenvalue weighted by atomic mass is 9.80. The highest BCUT2D eigenvalue weighted by Gasteiger charge is 2.24. The van der Waals surface area contributed by atoms with Crippen LogP contribution in [0.25, 0.3) is 0 Å². The fourth-order valence-corrected chi connectivity index (χ4v) is 1.93. The highest BCUT2D eigenvalue weighted by atomic mass is 15.2. The Morgan fingerprint density at radius 2 is 2.19 bits per heavy atom. The lowest BCUT2D eigenvalue weighted by Gasteiger charge is -2.31. The quantitative estimate of drug-likeness (QED) is 0.844. The predicted octanol–water partition coefficient (Wildman–Crippen LogP) is 2.14. The van der Waals surface area contributed by atoms with Crippen LogP contribution in [-0.2, 0) is 0 Å². The topological polar surface area (TPSA) is 41.1 Å². The molecule has 4 nitrogen and oxygen atoms in total. The van der Waals surface area contributed by atoms with E-state index >= 15 is 0 Å². The summed E-state index contributed by atoms with van der Waals surface area (Å²) in [4.78, 5) is 10.7. The third-order valence-electron chi connectivity index (χ3n) is 3.31. The minimum absolute atomic E-state index is 0.478. The molecule has 0 saturated heterocycles. The molecule has 0 radical (unpaired) electrons. The van der Waals surface area contributed by atoms with Crippen LogP contribution in [0.5, 0.6) is 0 Å². The second kappa shape index (κ2) is 4.68. The SMILES string of the molecule is CC(Nc1nccc(N(C)C)n1)C1CCC1. The number of hydrogen-bond acceptors (Lipinski definition) is 4. The Balaban J connectivity index is 2.00. The molecule has 1 aromatic heterocycles. The van der Waals surface area contributed by atoms with Crippen LogP contribution in [0.3, 0.4) is 0 Å². The van der Waals surface area contributed by atoms with Crippen LogP contribution in [0.2, 0.25) is 0 Å². The van der Waals surface area contributed by atoms with Gasteiger partial charge < -0.3 is 10.2 Å². The van der Waals surface area contributed by atoms with Crippen molar-refractivity contribution in [3.05, 3.63) is 12.3 Å². The van der Waals surface area contributed by atoms with Crippen LogP contribution in [0.4, 0.5) is 11.8 Å². The first kappa shape index (κ1) is 11.2. The van der Waals surface area contributed by atoms with Gasteiger partial charge in [-0.25, -0.2) is 4.98 Å². The lowest BCUT2D eigenvalue weighted by molar-refractivity contribution is 0.284. The molecular formula is C12H20N4. The van der Waals surface area contributed by atoms with E-state index in [1.165, 1.54) is 19.3 Å². The van der Waals surface area contributed by atoms with Gasteiger partial charge in [0.25, 0.3) is 0 Å². The minimum atomic E-state index is 0.478. The predicted molar refractivity (Wildman–Crippen MR) is 66.8 cm³/mol. The molecule has 1 fully saturated rings. The van der Waals surface area contributed by atoms with E-state index in [1.54, 1.807) is 6.20 Å². The molecule has 1 aromatic rings. The second-order valence-electron chi connectivity index (χ2n) is 4.76. The molecule has 0 spiro atoms. The van der Waals surface area contributed by atoms with E-state index in [0.717, 1.165) is 17.7 Å². The maximum absolute atomic E-state index is 4.46. The van der Waals surface area contributed by atoms with E-state index in [2.05, 4.69) is 22.2 Å². The van der Waals surface area contributed by atoms with E-state index in [1.807, 2.05) is 25.1 Å². The largest absolute Gasteiger partial charge is 0.363 e. The van der Waals surface area contributed by atoms with E-state index in [-0.39, 0.29) is 0 Å². The van der Waals surface area contributed by atoms with Crippen molar-refractivity contribution in [2.75, 3.05) is 24.3 Å². The molecular weight excluding hydrogens is 200 g/mol. The molecule has 16 heavy (non-hydrogen) atoms. The Morgan fingerprint density at radius 3 is 2.75 bits per heavy atom. The van der Waals surface area contributed by atoms with Crippen LogP contribution in [-0.4, -0.2) is 30.1 Å². The van der Waals surface area contributed by atoms with Gasteiger partial charge >= 0.3 is 0 Å². The van der Waals surface area contributed by atoms with Gasteiger partial charge in [0, 0.05) is 26.3 Å². The molecule has 1 aliphatic rings. The molecule has 1 N–H and O–H groups in total. The fourth-order valence-electron chi connectivity index (χ4n) is 1.93. The van der Waals surface area contributed by atoms with Gasteiger partial charge in [0.15, 0.2) is 0 Å². The number of nitrogens with one attached hydrogen (secondary N) is 1. The first-order valence-corrected chi connectivity index (χ1v) is 5.93. The van der Waals surface area contributed by atoms with Gasteiger partial charge in [0.05, 0.1) is 0 Å². The van der Waals surface area contributed by atoms with Gasteiger partial charge in [-0.1, -0.05) is 6.42 Å². The van der Waals surface area contributed by atoms with Crippen LogP contribution < -0.4 is 10.2 Å². The van der Waals surface area contributed by atoms with Gasteiger partial charge in [0.1, 0.15) is 5.82 Å². The van der Waals surface area contributed by atoms with Crippen molar-refractivity contribution in [1.29, 1.82) is 0 Å². The van der Waals surface area contributed by atoms with E-state index in [9.17, 15) is 0 Å². The van der Waals surface area contributed by atoms with Crippen molar-refractivity contribution in [2.24, 2.45) is 5.92 Å². The van der Waals surface area contributed by atoms with E-state index < -0.39 is 0 Å². The summed E-state index contributed by atoms with van der Waals surface area (Å²) in [5.74, 6) is 2.48. The van der Waals surface area contributed by atoms with Crippen LogP contribution in [0.1, 0.15) is 26.2 Å². The van der Waals surface area contributed by atoms with Crippen LogP contribution in [0.15, 0.2) is 12.3 Å². The second-order valence-corrected chi connectivity index (χ2v) is 4.76. The van der Waals surface area contributed by atoms with Gasteiger partial charge in [-0.3, -0.25) is 0 Å². The average Bonchev–Trinajstić information content (AvgIpc) is 2.15. The lowest BCUT2D eigenvalue weighted by Crippen LogP contribution is -2.31. The summed E-state index contributed by atoms with van der Waals surface area (Å²) in [7, 11) is 3.98. The number of aromatic nitrogens is 2. The summed E-state index contributed by atoms with van der Waals surface area (Å²) in [6.45, 7) is 2.22. The summed E-state index contributed by atoms with van der Waals surface area (Å²) in [5.41, 5.74) is 0. The Labute approximate surface area is 97.1 Å². The molecule has 0 amide bonds. The summed E-state index contributed by atoms with van der Waals surface area (Å²) in [6, 6.07) is 2.39. The minimum Gasteiger partial charge on any atom is -0.363 e. The molecule has 88 valence electrons. The van der Waals surface area contributed by atoms with Gasteiger partial charge in [-0.2, -0.15) is 4.98 Å². The smallest absolute Gasteiger partial charge is 0.224 e. The Hall–Kier alpha value is -1.32. The molecule has 1 atom stereocenters. The Bertz CT molecular complexity index is 347. The first-order chi connectivity index (χ1) is 7.66. The van der Waals surface area contributed by atoms with Crippen molar-refractivity contribution in [2.45, 2.75) is 32.2 Å². The highest BCUT2D eigenvalue weighted by molar-refractivity contribution is 5.41. The average molecular weight is 220 g/mol. The third-order valence-corrected chi connectivity index (χ3v) is 3.31. The summed E-state index contributed by atoms with van der Waals surface area (Å²) in [5, 5.41) is 3.39. The number of anilines is 2. The standard InChI is InChI=1S/C12H20N4/c1-9(10-5-4-6-10)14-12-13-8-7-11(15-12)16(2)3/h7-10H,4-6H2,1-3H3,(H,13,14,15).